The van der Waals surface area contributed by atoms with E-state index in [1.165, 1.54) is 0 Å². The normalized spacial score (nSPS) is 12.1. The smallest absolute Gasteiger partial charge is 0.223 e. The second kappa shape index (κ2) is 8.79. The first-order chi connectivity index (χ1) is 6.76. The third-order valence-electron chi connectivity index (χ3n) is 2.42. The van der Waals surface area contributed by atoms with Gasteiger partial charge in [-0.1, -0.05) is 32.8 Å². The van der Waals surface area contributed by atoms with Gasteiger partial charge in [0.25, 0.3) is 0 Å². The first kappa shape index (κ1) is 13.2. The lowest BCUT2D eigenvalue weighted by molar-refractivity contribution is -0.125. The van der Waals surface area contributed by atoms with Crippen LogP contribution >= 0.6 is 0 Å². The third kappa shape index (κ3) is 5.79. The fourth-order valence-electron chi connectivity index (χ4n) is 1.41. The maximum atomic E-state index is 11.6. The number of unbranched alkanes of at least 4 members (excludes halogenated alkanes) is 1. The minimum absolute atomic E-state index is 0.208. The molecule has 0 aromatic carbocycles. The maximum absolute atomic E-state index is 11.6. The van der Waals surface area contributed by atoms with Crippen LogP contribution in [0, 0.1) is 5.92 Å². The van der Waals surface area contributed by atoms with Gasteiger partial charge >= 0.3 is 0 Å². The lowest BCUT2D eigenvalue weighted by Crippen LogP contribution is -2.31. The minimum atomic E-state index is 0.208. The van der Waals surface area contributed by atoms with E-state index in [4.69, 9.17) is 0 Å². The zero-order chi connectivity index (χ0) is 10.8. The molecule has 14 heavy (non-hydrogen) atoms. The van der Waals surface area contributed by atoms with Crippen molar-refractivity contribution >= 4 is 5.91 Å². The van der Waals surface area contributed by atoms with Crippen molar-refractivity contribution in [1.82, 2.24) is 5.32 Å². The predicted octanol–water partition coefficient (Wildman–Crippen LogP) is 2.90. The number of nitrogens with one attached hydrogen (secondary N) is 1. The SMILES string of the molecule is C=CCCNC(=O)C(CC)CCCC. The molecule has 1 atom stereocenters. The fourth-order valence-corrected chi connectivity index (χ4v) is 1.41. The average Bonchev–Trinajstić information content (AvgIpc) is 2.19. The van der Waals surface area contributed by atoms with Crippen LogP contribution in [0.4, 0.5) is 0 Å². The second-order valence-corrected chi connectivity index (χ2v) is 3.62. The number of carbonyl (C=O) groups excluding carboxylic acids is 1. The number of amides is 1. The maximum Gasteiger partial charge on any atom is 0.223 e. The Labute approximate surface area is 87.8 Å². The molecule has 0 rings (SSSR count). The van der Waals surface area contributed by atoms with E-state index in [1.54, 1.807) is 0 Å². The quantitative estimate of drug-likeness (QED) is 0.470. The zero-order valence-corrected chi connectivity index (χ0v) is 9.51. The van der Waals surface area contributed by atoms with E-state index in [0.29, 0.717) is 0 Å². The summed E-state index contributed by atoms with van der Waals surface area (Å²) in [5, 5.41) is 2.93. The Morgan fingerprint density at radius 2 is 2.21 bits per heavy atom. The summed E-state index contributed by atoms with van der Waals surface area (Å²) < 4.78 is 0. The Bertz CT molecular complexity index is 166. The van der Waals surface area contributed by atoms with Gasteiger partial charge in [0.15, 0.2) is 0 Å². The standard InChI is InChI=1S/C12H23NO/c1-4-7-9-11(6-3)12(14)13-10-8-5-2/h5,11H,2,4,6-10H2,1,3H3,(H,13,14). The largest absolute Gasteiger partial charge is 0.356 e. The van der Waals surface area contributed by atoms with Crippen molar-refractivity contribution in [2.45, 2.75) is 46.0 Å². The molecule has 0 aromatic heterocycles. The molecule has 0 aromatic rings. The first-order valence-corrected chi connectivity index (χ1v) is 5.64. The molecule has 0 heterocycles. The van der Waals surface area contributed by atoms with Crippen molar-refractivity contribution < 1.29 is 4.79 Å². The van der Waals surface area contributed by atoms with E-state index < -0.39 is 0 Å². The highest BCUT2D eigenvalue weighted by molar-refractivity contribution is 5.78. The molecule has 0 radical (unpaired) electrons. The van der Waals surface area contributed by atoms with Crippen LogP contribution in [-0.4, -0.2) is 12.5 Å². The summed E-state index contributed by atoms with van der Waals surface area (Å²) >= 11 is 0. The van der Waals surface area contributed by atoms with Crippen LogP contribution in [0.25, 0.3) is 0 Å². The molecule has 82 valence electrons. The highest BCUT2D eigenvalue weighted by Crippen LogP contribution is 2.12. The molecule has 2 nitrogen and oxygen atoms in total. The molecule has 1 unspecified atom stereocenters. The lowest BCUT2D eigenvalue weighted by atomic mass is 9.98. The Hall–Kier alpha value is -0.790. The number of hydrogen-bond donors (Lipinski definition) is 1. The lowest BCUT2D eigenvalue weighted by Gasteiger charge is -2.13. The van der Waals surface area contributed by atoms with Gasteiger partial charge in [0.1, 0.15) is 0 Å². The van der Waals surface area contributed by atoms with Crippen LogP contribution in [0.2, 0.25) is 0 Å². The molecule has 0 fully saturated rings. The fraction of sp³-hybridized carbons (Fsp3) is 0.750. The number of carbonyl (C=O) groups is 1. The summed E-state index contributed by atoms with van der Waals surface area (Å²) in [5.41, 5.74) is 0. The van der Waals surface area contributed by atoms with Crippen molar-refractivity contribution in [1.29, 1.82) is 0 Å². The zero-order valence-electron chi connectivity index (χ0n) is 9.51. The number of rotatable bonds is 8. The van der Waals surface area contributed by atoms with Gasteiger partial charge in [0.05, 0.1) is 0 Å². The molecule has 0 saturated carbocycles. The summed E-state index contributed by atoms with van der Waals surface area (Å²) in [5.74, 6) is 0.419. The second-order valence-electron chi connectivity index (χ2n) is 3.62. The molecular formula is C12H23NO. The van der Waals surface area contributed by atoms with Gasteiger partial charge in [-0.15, -0.1) is 6.58 Å². The highest BCUT2D eigenvalue weighted by atomic mass is 16.1. The van der Waals surface area contributed by atoms with Crippen LogP contribution in [0.15, 0.2) is 12.7 Å². The van der Waals surface area contributed by atoms with E-state index in [-0.39, 0.29) is 11.8 Å². The summed E-state index contributed by atoms with van der Waals surface area (Å²) in [6.45, 7) is 8.58. The van der Waals surface area contributed by atoms with E-state index in [9.17, 15) is 4.79 Å². The van der Waals surface area contributed by atoms with Crippen LogP contribution in [0.1, 0.15) is 46.0 Å². The van der Waals surface area contributed by atoms with Crippen molar-refractivity contribution in [3.8, 4) is 0 Å². The summed E-state index contributed by atoms with van der Waals surface area (Å²) in [6.07, 6.45) is 6.96. The Balaban J connectivity index is 3.73. The molecule has 0 aliphatic carbocycles. The third-order valence-corrected chi connectivity index (χ3v) is 2.42. The highest BCUT2D eigenvalue weighted by Gasteiger charge is 2.14. The minimum Gasteiger partial charge on any atom is -0.356 e. The van der Waals surface area contributed by atoms with E-state index in [0.717, 1.165) is 38.6 Å². The van der Waals surface area contributed by atoms with Crippen LogP contribution in [0.5, 0.6) is 0 Å². The molecule has 0 aliphatic rings. The van der Waals surface area contributed by atoms with Crippen LogP contribution < -0.4 is 5.32 Å². The summed E-state index contributed by atoms with van der Waals surface area (Å²) in [4.78, 5) is 11.6. The molecule has 0 aliphatic heterocycles. The average molecular weight is 197 g/mol. The summed E-state index contributed by atoms with van der Waals surface area (Å²) in [7, 11) is 0. The van der Waals surface area contributed by atoms with E-state index in [1.807, 2.05) is 6.08 Å². The summed E-state index contributed by atoms with van der Waals surface area (Å²) in [6, 6.07) is 0. The molecular weight excluding hydrogens is 174 g/mol. The van der Waals surface area contributed by atoms with Gasteiger partial charge in [-0.2, -0.15) is 0 Å². The van der Waals surface area contributed by atoms with Crippen molar-refractivity contribution in [2.24, 2.45) is 5.92 Å². The van der Waals surface area contributed by atoms with Crippen LogP contribution in [0.3, 0.4) is 0 Å². The monoisotopic (exact) mass is 197 g/mol. The van der Waals surface area contributed by atoms with Crippen molar-refractivity contribution in [3.05, 3.63) is 12.7 Å². The topological polar surface area (TPSA) is 29.1 Å². The molecule has 0 bridgehead atoms. The molecule has 2 heteroatoms. The van der Waals surface area contributed by atoms with E-state index in [2.05, 4.69) is 25.7 Å². The Kier molecular flexibility index (Phi) is 8.30. The van der Waals surface area contributed by atoms with Gasteiger partial charge in [-0.05, 0) is 19.3 Å². The molecule has 0 spiro atoms. The van der Waals surface area contributed by atoms with Gasteiger partial charge in [0.2, 0.25) is 5.91 Å². The molecule has 1 amide bonds. The van der Waals surface area contributed by atoms with Gasteiger partial charge in [-0.3, -0.25) is 4.79 Å². The Morgan fingerprint density at radius 1 is 1.50 bits per heavy atom. The first-order valence-electron chi connectivity index (χ1n) is 5.64. The van der Waals surface area contributed by atoms with Gasteiger partial charge < -0.3 is 5.32 Å². The Morgan fingerprint density at radius 3 is 2.71 bits per heavy atom. The molecule has 1 N–H and O–H groups in total. The van der Waals surface area contributed by atoms with E-state index >= 15 is 0 Å². The van der Waals surface area contributed by atoms with Gasteiger partial charge in [-0.25, -0.2) is 0 Å². The van der Waals surface area contributed by atoms with Crippen LogP contribution in [-0.2, 0) is 4.79 Å². The van der Waals surface area contributed by atoms with Crippen molar-refractivity contribution in [3.63, 3.8) is 0 Å². The molecule has 0 saturated heterocycles. The predicted molar refractivity (Wildman–Crippen MR) is 61.1 cm³/mol. The number of hydrogen-bond acceptors (Lipinski definition) is 1. The van der Waals surface area contributed by atoms with Crippen molar-refractivity contribution in [2.75, 3.05) is 6.54 Å². The van der Waals surface area contributed by atoms with Gasteiger partial charge in [0, 0.05) is 12.5 Å².